The molecule has 1 aliphatic heterocycles. The lowest BCUT2D eigenvalue weighted by molar-refractivity contribution is 0.0960. The number of benzene rings is 1. The molecule has 0 unspecified atom stereocenters. The van der Waals surface area contributed by atoms with E-state index in [1.165, 1.54) is 10.4 Å². The van der Waals surface area contributed by atoms with Gasteiger partial charge in [0.2, 0.25) is 0 Å². The van der Waals surface area contributed by atoms with E-state index in [1.807, 2.05) is 0 Å². The second-order valence-corrected chi connectivity index (χ2v) is 6.23. The van der Waals surface area contributed by atoms with Gasteiger partial charge in [-0.1, -0.05) is 0 Å². The fraction of sp³-hybridized carbons (Fsp3) is 0.312. The first kappa shape index (κ1) is 14.4. The molecule has 2 nitrogen and oxygen atoms in total. The molecule has 0 N–H and O–H groups in total. The molecule has 2 aromatic rings. The Morgan fingerprint density at radius 2 is 2.00 bits per heavy atom. The van der Waals surface area contributed by atoms with Gasteiger partial charge in [-0.2, -0.15) is 0 Å². The average molecular weight is 307 g/mol. The lowest BCUT2D eigenvalue weighted by Crippen LogP contribution is -2.31. The van der Waals surface area contributed by atoms with Crippen LogP contribution in [0, 0.1) is 11.6 Å². The molecular formula is C16H15F2NOS. The van der Waals surface area contributed by atoms with E-state index >= 15 is 0 Å². The molecule has 2 heterocycles. The minimum Gasteiger partial charge on any atom is -0.298 e. The molecule has 21 heavy (non-hydrogen) atoms. The average Bonchev–Trinajstić information content (AvgIpc) is 2.91. The van der Waals surface area contributed by atoms with E-state index in [-0.39, 0.29) is 17.8 Å². The Kier molecular flexibility index (Phi) is 4.12. The first-order valence-corrected chi connectivity index (χ1v) is 7.76. The summed E-state index contributed by atoms with van der Waals surface area (Å²) in [6.45, 7) is 2.40. The van der Waals surface area contributed by atoms with E-state index in [0.29, 0.717) is 6.54 Å². The molecule has 0 bridgehead atoms. The van der Waals surface area contributed by atoms with Gasteiger partial charge in [0.15, 0.2) is 5.78 Å². The second kappa shape index (κ2) is 6.03. The van der Waals surface area contributed by atoms with Gasteiger partial charge in [0.25, 0.3) is 0 Å². The molecule has 1 aliphatic rings. The molecule has 0 saturated carbocycles. The fourth-order valence-corrected chi connectivity index (χ4v) is 3.51. The van der Waals surface area contributed by atoms with Gasteiger partial charge in [-0.15, -0.1) is 11.3 Å². The van der Waals surface area contributed by atoms with Gasteiger partial charge in [-0.3, -0.25) is 9.69 Å². The monoisotopic (exact) mass is 307 g/mol. The van der Waals surface area contributed by atoms with Crippen LogP contribution in [0.4, 0.5) is 8.78 Å². The van der Waals surface area contributed by atoms with Gasteiger partial charge in [-0.05, 0) is 35.6 Å². The van der Waals surface area contributed by atoms with Crippen LogP contribution in [0.5, 0.6) is 0 Å². The van der Waals surface area contributed by atoms with Crippen LogP contribution in [0.15, 0.2) is 29.6 Å². The summed E-state index contributed by atoms with van der Waals surface area (Å²) in [6.07, 6.45) is 1.29. The van der Waals surface area contributed by atoms with Gasteiger partial charge >= 0.3 is 0 Å². The first-order valence-electron chi connectivity index (χ1n) is 6.89. The number of fused-ring (bicyclic) bond motifs is 1. The number of carbonyl (C=O) groups is 1. The Labute approximate surface area is 126 Å². The van der Waals surface area contributed by atoms with E-state index < -0.39 is 11.6 Å². The van der Waals surface area contributed by atoms with E-state index in [4.69, 9.17) is 0 Å². The lowest BCUT2D eigenvalue weighted by atomic mass is 10.1. The van der Waals surface area contributed by atoms with Gasteiger partial charge in [-0.25, -0.2) is 8.78 Å². The van der Waals surface area contributed by atoms with E-state index in [1.54, 1.807) is 11.3 Å². The topological polar surface area (TPSA) is 20.3 Å². The van der Waals surface area contributed by atoms with Crippen LogP contribution in [-0.4, -0.2) is 23.8 Å². The Hall–Kier alpha value is -1.59. The molecule has 0 radical (unpaired) electrons. The number of ketones is 1. The van der Waals surface area contributed by atoms with E-state index in [0.717, 1.165) is 37.7 Å². The summed E-state index contributed by atoms with van der Waals surface area (Å²) in [5.41, 5.74) is 1.44. The minimum atomic E-state index is -0.709. The van der Waals surface area contributed by atoms with Gasteiger partial charge in [0, 0.05) is 42.6 Å². The molecule has 3 rings (SSSR count). The quantitative estimate of drug-likeness (QED) is 0.804. The molecule has 5 heteroatoms. The van der Waals surface area contributed by atoms with Crippen LogP contribution in [-0.2, 0) is 13.0 Å². The van der Waals surface area contributed by atoms with Crippen molar-refractivity contribution in [2.24, 2.45) is 0 Å². The summed E-state index contributed by atoms with van der Waals surface area (Å²) >= 11 is 1.77. The third-order valence-corrected chi connectivity index (χ3v) is 4.75. The van der Waals surface area contributed by atoms with Crippen molar-refractivity contribution >= 4 is 17.1 Å². The maximum atomic E-state index is 13.1. The molecule has 0 saturated heterocycles. The normalized spacial score (nSPS) is 15.0. The number of hydrogen-bond acceptors (Lipinski definition) is 3. The Morgan fingerprint density at radius 3 is 2.76 bits per heavy atom. The van der Waals surface area contributed by atoms with Crippen molar-refractivity contribution in [2.45, 2.75) is 19.4 Å². The zero-order valence-electron chi connectivity index (χ0n) is 11.4. The summed E-state index contributed by atoms with van der Waals surface area (Å²) < 4.78 is 26.2. The third kappa shape index (κ3) is 3.36. The zero-order chi connectivity index (χ0) is 14.8. The van der Waals surface area contributed by atoms with Gasteiger partial charge < -0.3 is 0 Å². The predicted octanol–water partition coefficient (Wildman–Crippen LogP) is 3.66. The van der Waals surface area contributed by atoms with Crippen molar-refractivity contribution in [1.82, 2.24) is 4.90 Å². The summed E-state index contributed by atoms with van der Waals surface area (Å²) in [6, 6.07) is 5.09. The van der Waals surface area contributed by atoms with Crippen LogP contribution in [0.25, 0.3) is 0 Å². The predicted molar refractivity (Wildman–Crippen MR) is 78.6 cm³/mol. The minimum absolute atomic E-state index is 0.112. The zero-order valence-corrected chi connectivity index (χ0v) is 12.3. The first-order chi connectivity index (χ1) is 10.1. The Bertz CT molecular complexity index is 648. The number of hydrogen-bond donors (Lipinski definition) is 0. The summed E-state index contributed by atoms with van der Waals surface area (Å²) in [5, 5.41) is 2.09. The molecule has 1 aromatic heterocycles. The van der Waals surface area contributed by atoms with E-state index in [9.17, 15) is 13.6 Å². The molecular weight excluding hydrogens is 292 g/mol. The fourth-order valence-electron chi connectivity index (χ4n) is 2.62. The third-order valence-electron chi connectivity index (χ3n) is 3.73. The SMILES string of the molecule is O=C(CCN1CCc2sccc2C1)c1cc(F)cc(F)c1. The molecule has 0 atom stereocenters. The van der Waals surface area contributed by atoms with Crippen molar-refractivity contribution < 1.29 is 13.6 Å². The summed E-state index contributed by atoms with van der Waals surface area (Å²) in [5.74, 6) is -1.64. The standard InChI is InChI=1S/C16H15F2NOS/c17-13-7-12(8-14(18)9-13)15(20)1-4-19-5-2-16-11(10-19)3-6-21-16/h3,6-9H,1-2,4-5,10H2. The lowest BCUT2D eigenvalue weighted by Gasteiger charge is -2.26. The van der Waals surface area contributed by atoms with Crippen molar-refractivity contribution in [3.63, 3.8) is 0 Å². The maximum absolute atomic E-state index is 13.1. The second-order valence-electron chi connectivity index (χ2n) is 5.23. The Balaban J connectivity index is 1.59. The molecule has 0 fully saturated rings. The number of halogens is 2. The van der Waals surface area contributed by atoms with E-state index in [2.05, 4.69) is 16.3 Å². The van der Waals surface area contributed by atoms with Crippen molar-refractivity contribution in [3.05, 3.63) is 57.3 Å². The summed E-state index contributed by atoms with van der Waals surface area (Å²) in [7, 11) is 0. The molecule has 0 aliphatic carbocycles. The number of nitrogens with zero attached hydrogens (tertiary/aromatic N) is 1. The highest BCUT2D eigenvalue weighted by Crippen LogP contribution is 2.24. The maximum Gasteiger partial charge on any atom is 0.164 e. The number of thiophene rings is 1. The van der Waals surface area contributed by atoms with Crippen LogP contribution in [0.1, 0.15) is 27.2 Å². The highest BCUT2D eigenvalue weighted by atomic mass is 32.1. The largest absolute Gasteiger partial charge is 0.298 e. The number of rotatable bonds is 4. The van der Waals surface area contributed by atoms with Gasteiger partial charge in [0.1, 0.15) is 11.6 Å². The van der Waals surface area contributed by atoms with Crippen LogP contribution >= 0.6 is 11.3 Å². The molecule has 0 spiro atoms. The Morgan fingerprint density at radius 1 is 1.24 bits per heavy atom. The van der Waals surface area contributed by atoms with Crippen molar-refractivity contribution in [2.75, 3.05) is 13.1 Å². The molecule has 110 valence electrons. The number of Topliss-reactive ketones (excluding diaryl/α,β-unsaturated/α-hetero) is 1. The van der Waals surface area contributed by atoms with Crippen molar-refractivity contribution in [1.29, 1.82) is 0 Å². The molecule has 0 amide bonds. The highest BCUT2D eigenvalue weighted by molar-refractivity contribution is 7.10. The van der Waals surface area contributed by atoms with Crippen LogP contribution in [0.3, 0.4) is 0 Å². The summed E-state index contributed by atoms with van der Waals surface area (Å²) in [4.78, 5) is 15.7. The van der Waals surface area contributed by atoms with Crippen LogP contribution < -0.4 is 0 Å². The number of carbonyl (C=O) groups excluding carboxylic acids is 1. The van der Waals surface area contributed by atoms with Crippen LogP contribution in [0.2, 0.25) is 0 Å². The van der Waals surface area contributed by atoms with Crippen molar-refractivity contribution in [3.8, 4) is 0 Å². The highest BCUT2D eigenvalue weighted by Gasteiger charge is 2.18. The smallest absolute Gasteiger partial charge is 0.164 e. The van der Waals surface area contributed by atoms with Gasteiger partial charge in [0.05, 0.1) is 0 Å². The molecule has 1 aromatic carbocycles.